The van der Waals surface area contributed by atoms with Gasteiger partial charge in [-0.25, -0.2) is 0 Å². The van der Waals surface area contributed by atoms with E-state index in [9.17, 15) is 15.0 Å². The second kappa shape index (κ2) is 8.89. The molecule has 0 spiro atoms. The Morgan fingerprint density at radius 2 is 2.13 bits per heavy atom. The van der Waals surface area contributed by atoms with E-state index in [-0.39, 0.29) is 18.6 Å². The molecule has 1 amide bonds. The Balaban J connectivity index is 1.53. The van der Waals surface area contributed by atoms with E-state index in [4.69, 9.17) is 4.84 Å². The van der Waals surface area contributed by atoms with Crippen LogP contribution in [-0.4, -0.2) is 52.1 Å². The molecular weight excluding hydrogens is 507 g/mol. The van der Waals surface area contributed by atoms with Gasteiger partial charge in [-0.3, -0.25) is 9.63 Å². The predicted octanol–water partition coefficient (Wildman–Crippen LogP) is 2.95. The first-order valence-electron chi connectivity index (χ1n) is 11.4. The third-order valence-corrected chi connectivity index (χ3v) is 8.96. The second-order valence-electron chi connectivity index (χ2n) is 10.4. The summed E-state index contributed by atoms with van der Waals surface area (Å²) in [6.07, 6.45) is 0.887. The first-order chi connectivity index (χ1) is 14.6. The van der Waals surface area contributed by atoms with Crippen molar-refractivity contribution in [1.29, 1.82) is 0 Å². The largest absolute Gasteiger partial charge is 0.394 e. The van der Waals surface area contributed by atoms with Crippen LogP contribution in [0.1, 0.15) is 46.1 Å². The van der Waals surface area contributed by atoms with Gasteiger partial charge in [0.1, 0.15) is 12.1 Å². The summed E-state index contributed by atoms with van der Waals surface area (Å²) >= 11 is 2.27. The van der Waals surface area contributed by atoms with E-state index in [0.717, 1.165) is 15.6 Å². The van der Waals surface area contributed by atoms with Crippen molar-refractivity contribution in [2.45, 2.75) is 71.4 Å². The highest BCUT2D eigenvalue weighted by Crippen LogP contribution is 2.61. The number of hydroxylamine groups is 2. The van der Waals surface area contributed by atoms with Crippen molar-refractivity contribution >= 4 is 28.5 Å². The van der Waals surface area contributed by atoms with Crippen LogP contribution in [-0.2, 0) is 16.2 Å². The molecule has 1 unspecified atom stereocenters. The molecule has 0 aromatic heterocycles. The molecule has 5 rings (SSSR count). The molecule has 0 radical (unpaired) electrons. The number of fused-ring (bicyclic) bond motifs is 2. The molecule has 1 heterocycles. The molecule has 7 heteroatoms. The Hall–Kier alpha value is -0.740. The fourth-order valence-corrected chi connectivity index (χ4v) is 6.91. The zero-order chi connectivity index (χ0) is 22.5. The lowest BCUT2D eigenvalue weighted by atomic mass is 9.45. The number of amides is 1. The van der Waals surface area contributed by atoms with Crippen LogP contribution in [0.25, 0.3) is 0 Å². The minimum Gasteiger partial charge on any atom is -0.394 e. The molecule has 4 aliphatic rings. The summed E-state index contributed by atoms with van der Waals surface area (Å²) in [7, 11) is 0. The summed E-state index contributed by atoms with van der Waals surface area (Å²) in [6.45, 7) is 8.82. The van der Waals surface area contributed by atoms with Crippen LogP contribution in [0.15, 0.2) is 24.3 Å². The van der Waals surface area contributed by atoms with Crippen LogP contribution in [0, 0.1) is 32.7 Å². The maximum atomic E-state index is 13.6. The predicted molar refractivity (Wildman–Crippen MR) is 127 cm³/mol. The molecule has 3 saturated carbocycles. The normalized spacial score (nSPS) is 37.8. The molecule has 172 valence electrons. The molecule has 1 saturated heterocycles. The van der Waals surface area contributed by atoms with Gasteiger partial charge in [-0.05, 0) is 83.2 Å². The van der Waals surface area contributed by atoms with Crippen LogP contribution < -0.4 is 5.32 Å². The van der Waals surface area contributed by atoms with E-state index in [0.29, 0.717) is 29.7 Å². The fourth-order valence-electron chi connectivity index (χ4n) is 6.30. The number of aliphatic hydroxyl groups is 2. The fraction of sp³-hybridized carbons (Fsp3) is 0.708. The highest BCUT2D eigenvalue weighted by Gasteiger charge is 2.57. The zero-order valence-corrected chi connectivity index (χ0v) is 21.0. The lowest BCUT2D eigenvalue weighted by molar-refractivity contribution is -0.183. The molecule has 2 bridgehead atoms. The smallest absolute Gasteiger partial charge is 0.240 e. The molecule has 1 aliphatic heterocycles. The van der Waals surface area contributed by atoms with E-state index in [2.05, 4.69) is 54.7 Å². The monoisotopic (exact) mass is 542 g/mol. The van der Waals surface area contributed by atoms with E-state index in [1.165, 1.54) is 6.42 Å². The zero-order valence-electron chi connectivity index (χ0n) is 18.8. The average molecular weight is 542 g/mol. The third kappa shape index (κ3) is 4.28. The number of carbonyl (C=O) groups is 1. The quantitative estimate of drug-likeness (QED) is 0.482. The number of nitrogens with zero attached hydrogens (tertiary/aromatic N) is 1. The minimum atomic E-state index is -0.773. The number of nitrogens with one attached hydrogen (secondary N) is 1. The van der Waals surface area contributed by atoms with Gasteiger partial charge < -0.3 is 15.5 Å². The van der Waals surface area contributed by atoms with Gasteiger partial charge in [-0.2, -0.15) is 5.06 Å². The van der Waals surface area contributed by atoms with Crippen molar-refractivity contribution in [1.82, 2.24) is 10.4 Å². The Bertz CT molecular complexity index is 817. The van der Waals surface area contributed by atoms with Gasteiger partial charge in [0.25, 0.3) is 0 Å². The summed E-state index contributed by atoms with van der Waals surface area (Å²) in [5.41, 5.74) is 1.39. The first kappa shape index (κ1) is 23.4. The van der Waals surface area contributed by atoms with Crippen LogP contribution in [0.4, 0.5) is 0 Å². The number of hydrogen-bond acceptors (Lipinski definition) is 5. The SMILES string of the molecule is C[C@@H]1[C@@H](NC(=O)[C@@H]2[C@H]([C@H](C)O)[C@H](CO)ON2Cc2cccc(I)c2)CC2C[C@H]1C2(C)C. The van der Waals surface area contributed by atoms with Crippen LogP contribution in [0.2, 0.25) is 0 Å². The molecule has 8 atom stereocenters. The molecule has 1 aromatic rings. The van der Waals surface area contributed by atoms with Crippen molar-refractivity contribution in [3.05, 3.63) is 33.4 Å². The Morgan fingerprint density at radius 1 is 1.39 bits per heavy atom. The van der Waals surface area contributed by atoms with Gasteiger partial charge >= 0.3 is 0 Å². The van der Waals surface area contributed by atoms with Gasteiger partial charge in [0.05, 0.1) is 19.3 Å². The second-order valence-corrected chi connectivity index (χ2v) is 11.6. The highest BCUT2D eigenvalue weighted by molar-refractivity contribution is 14.1. The number of halogens is 1. The molecule has 3 N–H and O–H groups in total. The van der Waals surface area contributed by atoms with E-state index in [1.807, 2.05) is 18.2 Å². The average Bonchev–Trinajstić information content (AvgIpc) is 3.07. The minimum absolute atomic E-state index is 0.108. The van der Waals surface area contributed by atoms with Gasteiger partial charge in [0.15, 0.2) is 0 Å². The number of benzene rings is 1. The number of rotatable bonds is 6. The van der Waals surface area contributed by atoms with Crippen molar-refractivity contribution in [2.24, 2.45) is 29.1 Å². The summed E-state index contributed by atoms with van der Waals surface area (Å²) in [5.74, 6) is 1.12. The van der Waals surface area contributed by atoms with Crippen LogP contribution in [0.3, 0.4) is 0 Å². The molecule has 4 fully saturated rings. The number of aliphatic hydroxyl groups excluding tert-OH is 2. The summed E-state index contributed by atoms with van der Waals surface area (Å²) in [4.78, 5) is 19.6. The van der Waals surface area contributed by atoms with Crippen molar-refractivity contribution in [3.8, 4) is 0 Å². The van der Waals surface area contributed by atoms with Crippen molar-refractivity contribution in [2.75, 3.05) is 6.61 Å². The highest BCUT2D eigenvalue weighted by atomic mass is 127. The molecule has 1 aromatic carbocycles. The van der Waals surface area contributed by atoms with Crippen molar-refractivity contribution in [3.63, 3.8) is 0 Å². The van der Waals surface area contributed by atoms with Crippen LogP contribution >= 0.6 is 22.6 Å². The van der Waals surface area contributed by atoms with Crippen LogP contribution in [0.5, 0.6) is 0 Å². The Kier molecular flexibility index (Phi) is 6.72. The molecular formula is C24H35IN2O4. The lowest BCUT2D eigenvalue weighted by Crippen LogP contribution is -2.62. The van der Waals surface area contributed by atoms with E-state index in [1.54, 1.807) is 12.0 Å². The van der Waals surface area contributed by atoms with Gasteiger partial charge in [-0.15, -0.1) is 0 Å². The Morgan fingerprint density at radius 3 is 2.71 bits per heavy atom. The number of carbonyl (C=O) groups excluding carboxylic acids is 1. The first-order valence-corrected chi connectivity index (χ1v) is 12.5. The van der Waals surface area contributed by atoms with E-state index < -0.39 is 24.2 Å². The summed E-state index contributed by atoms with van der Waals surface area (Å²) < 4.78 is 1.11. The summed E-state index contributed by atoms with van der Waals surface area (Å²) in [6, 6.07) is 7.56. The van der Waals surface area contributed by atoms with Gasteiger partial charge in [-0.1, -0.05) is 32.9 Å². The lowest BCUT2D eigenvalue weighted by Gasteiger charge is -2.62. The summed E-state index contributed by atoms with van der Waals surface area (Å²) in [5, 5.41) is 25.3. The standard InChI is InChI=1S/C24H35IN2O4/c1-13-18-9-16(24(18,3)4)10-19(13)26-23(30)22-21(14(2)29)20(12-28)31-27(22)11-15-6-5-7-17(25)8-15/h5-8,13-14,16,18-22,28-29H,9-12H2,1-4H3,(H,26,30)/t13-,14-,16?,18+,19-,20-,21+,22-/m0/s1. The molecule has 6 nitrogen and oxygen atoms in total. The van der Waals surface area contributed by atoms with Gasteiger partial charge in [0, 0.05) is 15.5 Å². The third-order valence-electron chi connectivity index (χ3n) is 8.29. The molecule has 31 heavy (non-hydrogen) atoms. The van der Waals surface area contributed by atoms with Crippen molar-refractivity contribution < 1.29 is 19.8 Å². The van der Waals surface area contributed by atoms with E-state index >= 15 is 0 Å². The maximum Gasteiger partial charge on any atom is 0.240 e. The van der Waals surface area contributed by atoms with Gasteiger partial charge in [0.2, 0.25) is 5.91 Å². The maximum absolute atomic E-state index is 13.6. The number of hydrogen-bond donors (Lipinski definition) is 3. The topological polar surface area (TPSA) is 82.0 Å². The Labute approximate surface area is 198 Å². The molecule has 3 aliphatic carbocycles.